The molecule has 0 radical (unpaired) electrons. The molecule has 0 spiro atoms. The monoisotopic (exact) mass is 842 g/mol. The van der Waals surface area contributed by atoms with Gasteiger partial charge in [0.2, 0.25) is 5.91 Å². The number of hydrogen-bond donors (Lipinski definition) is 1. The zero-order valence-electron chi connectivity index (χ0n) is 33.7. The summed E-state index contributed by atoms with van der Waals surface area (Å²) in [6.45, 7) is -0.392. The van der Waals surface area contributed by atoms with E-state index >= 15 is 0 Å². The van der Waals surface area contributed by atoms with E-state index in [0.717, 1.165) is 32.7 Å². The predicted octanol–water partition coefficient (Wildman–Crippen LogP) is 9.23. The molecule has 0 saturated carbocycles. The van der Waals surface area contributed by atoms with Gasteiger partial charge in [-0.15, -0.1) is 0 Å². The van der Waals surface area contributed by atoms with Crippen LogP contribution in [-0.2, 0) is 72.1 Å². The van der Waals surface area contributed by atoms with Crippen LogP contribution in [-0.4, -0.2) is 42.5 Å². The Bertz CT molecular complexity index is 2290. The van der Waals surface area contributed by atoms with Gasteiger partial charge in [-0.2, -0.15) is 0 Å². The molecule has 2 amide bonds. The summed E-state index contributed by atoms with van der Waals surface area (Å²) in [6.07, 6.45) is -0.758. The fraction of sp³-hybridized carbons (Fsp3) is 0.188. The van der Waals surface area contributed by atoms with Crippen molar-refractivity contribution in [1.29, 1.82) is 0 Å². The third-order valence-corrected chi connectivity index (χ3v) is 10.4. The zero-order valence-corrected chi connectivity index (χ0v) is 34.6. The second-order valence-electron chi connectivity index (χ2n) is 13.9. The van der Waals surface area contributed by atoms with Crippen LogP contribution in [0.4, 0.5) is 4.79 Å². The van der Waals surface area contributed by atoms with Gasteiger partial charge in [0.05, 0.1) is 13.2 Å². The van der Waals surface area contributed by atoms with Crippen LogP contribution in [0.1, 0.15) is 33.4 Å². The number of esters is 1. The highest BCUT2D eigenvalue weighted by Gasteiger charge is 2.32. The lowest BCUT2D eigenvalue weighted by Gasteiger charge is -2.22. The van der Waals surface area contributed by atoms with Crippen LogP contribution in [0.25, 0.3) is 0 Å². The number of phosphoric acid groups is 1. The minimum Gasteiger partial charge on any atom is -0.485 e. The maximum atomic E-state index is 14.4. The molecule has 0 aliphatic rings. The summed E-state index contributed by atoms with van der Waals surface area (Å²) < 4.78 is 49.6. The third kappa shape index (κ3) is 14.5. The summed E-state index contributed by atoms with van der Waals surface area (Å²) >= 11 is 0. The van der Waals surface area contributed by atoms with Crippen molar-refractivity contribution in [2.75, 3.05) is 13.6 Å². The first-order chi connectivity index (χ1) is 29.7. The SMILES string of the molecule is CN(CC(=O)N[C@@H](Cc1ccc(OP(=O)(OCc2ccccc2)OCc2ccccc2)c(OCc2ccccc2)c1)C(=O)OCc1ccccc1)C(=O)OCc1ccccc1. The summed E-state index contributed by atoms with van der Waals surface area (Å²) in [7, 11) is -2.88. The Morgan fingerprint density at radius 2 is 0.984 bits per heavy atom. The van der Waals surface area contributed by atoms with Crippen LogP contribution in [0.15, 0.2) is 170 Å². The molecule has 12 nitrogen and oxygen atoms in total. The molecular formula is C48H47N2O10P. The van der Waals surface area contributed by atoms with Crippen LogP contribution in [0.2, 0.25) is 0 Å². The Morgan fingerprint density at radius 3 is 1.48 bits per heavy atom. The number of rotatable bonds is 21. The molecule has 1 atom stereocenters. The summed E-state index contributed by atoms with van der Waals surface area (Å²) in [6, 6.07) is 49.8. The topological polar surface area (TPSA) is 139 Å². The van der Waals surface area contributed by atoms with E-state index in [2.05, 4.69) is 5.32 Å². The first kappa shape index (κ1) is 43.8. The maximum Gasteiger partial charge on any atom is 0.530 e. The Balaban J connectivity index is 1.22. The summed E-state index contributed by atoms with van der Waals surface area (Å²) in [5.41, 5.74) is 4.46. The number of amides is 2. The van der Waals surface area contributed by atoms with Gasteiger partial charge < -0.3 is 29.0 Å². The zero-order chi connectivity index (χ0) is 42.7. The summed E-state index contributed by atoms with van der Waals surface area (Å²) in [5, 5.41) is 2.74. The molecule has 0 saturated heterocycles. The number of ether oxygens (including phenoxy) is 3. The van der Waals surface area contributed by atoms with Crippen molar-refractivity contribution in [2.45, 2.75) is 45.5 Å². The van der Waals surface area contributed by atoms with Crippen LogP contribution in [0.3, 0.4) is 0 Å². The molecule has 6 aromatic rings. The second kappa shape index (κ2) is 22.6. The van der Waals surface area contributed by atoms with Gasteiger partial charge >= 0.3 is 19.9 Å². The molecule has 0 fully saturated rings. The van der Waals surface area contributed by atoms with E-state index < -0.39 is 38.4 Å². The number of hydrogen-bond acceptors (Lipinski definition) is 10. The number of nitrogens with one attached hydrogen (secondary N) is 1. The minimum atomic E-state index is -4.31. The fourth-order valence-electron chi connectivity index (χ4n) is 5.88. The number of likely N-dealkylation sites (N-methyl/N-ethyl adjacent to an activating group) is 1. The van der Waals surface area contributed by atoms with E-state index in [0.29, 0.717) is 5.56 Å². The van der Waals surface area contributed by atoms with Crippen molar-refractivity contribution in [2.24, 2.45) is 0 Å². The summed E-state index contributed by atoms with van der Waals surface area (Å²) in [5.74, 6) is -1.08. The largest absolute Gasteiger partial charge is 0.530 e. The van der Waals surface area contributed by atoms with Crippen molar-refractivity contribution < 1.29 is 46.7 Å². The minimum absolute atomic E-state index is 0.0300. The van der Waals surface area contributed by atoms with Gasteiger partial charge in [-0.05, 0) is 45.5 Å². The third-order valence-electron chi connectivity index (χ3n) is 9.10. The van der Waals surface area contributed by atoms with Gasteiger partial charge in [0.1, 0.15) is 32.4 Å². The molecule has 0 unspecified atom stereocenters. The van der Waals surface area contributed by atoms with E-state index in [9.17, 15) is 18.9 Å². The van der Waals surface area contributed by atoms with E-state index in [4.69, 9.17) is 27.8 Å². The Morgan fingerprint density at radius 1 is 0.541 bits per heavy atom. The van der Waals surface area contributed by atoms with Crippen molar-refractivity contribution in [3.8, 4) is 11.5 Å². The molecule has 0 aliphatic carbocycles. The highest BCUT2D eigenvalue weighted by atomic mass is 31.2. The van der Waals surface area contributed by atoms with Gasteiger partial charge in [0, 0.05) is 13.5 Å². The van der Waals surface area contributed by atoms with Crippen LogP contribution in [0.5, 0.6) is 11.5 Å². The molecule has 0 aliphatic heterocycles. The Labute approximate surface area is 355 Å². The fourth-order valence-corrected chi connectivity index (χ4v) is 7.06. The van der Waals surface area contributed by atoms with Crippen LogP contribution < -0.4 is 14.6 Å². The van der Waals surface area contributed by atoms with Gasteiger partial charge in [-0.3, -0.25) is 13.8 Å². The average molecular weight is 843 g/mol. The number of carbonyl (C=O) groups excluding carboxylic acids is 3. The van der Waals surface area contributed by atoms with Crippen molar-refractivity contribution in [3.05, 3.63) is 203 Å². The summed E-state index contributed by atoms with van der Waals surface area (Å²) in [4.78, 5) is 41.0. The lowest BCUT2D eigenvalue weighted by atomic mass is 10.0. The highest BCUT2D eigenvalue weighted by molar-refractivity contribution is 7.48. The molecule has 0 bridgehead atoms. The first-order valence-corrected chi connectivity index (χ1v) is 21.1. The van der Waals surface area contributed by atoms with Gasteiger partial charge in [0.25, 0.3) is 0 Å². The van der Waals surface area contributed by atoms with E-state index in [1.807, 2.05) is 152 Å². The number of nitrogens with zero attached hydrogens (tertiary/aromatic N) is 1. The van der Waals surface area contributed by atoms with Gasteiger partial charge in [-0.1, -0.05) is 158 Å². The lowest BCUT2D eigenvalue weighted by Crippen LogP contribution is -2.47. The molecule has 6 rings (SSSR count). The normalized spacial score (nSPS) is 11.5. The van der Waals surface area contributed by atoms with Crippen LogP contribution >= 0.6 is 7.82 Å². The molecular weight excluding hydrogens is 796 g/mol. The second-order valence-corrected chi connectivity index (χ2v) is 15.5. The standard InChI is InChI=1S/C48H47N2O10P/c1-50(48(53)57-34-39-21-11-4-12-22-39)31-46(51)49-43(47(52)56-33-38-19-9-3-10-20-38)29-42-27-28-44(45(30-42)55-32-37-17-7-2-8-18-37)60-61(54,58-35-40-23-13-5-14-24-40)59-36-41-25-15-6-16-26-41/h2-28,30,43H,29,31-36H2,1H3,(H,49,51)/t43-/m0/s1. The molecule has 13 heteroatoms. The predicted molar refractivity (Wildman–Crippen MR) is 229 cm³/mol. The number of benzene rings is 6. The molecule has 0 heterocycles. The first-order valence-electron chi connectivity index (χ1n) is 19.6. The van der Waals surface area contributed by atoms with E-state index in [1.165, 1.54) is 7.05 Å². The van der Waals surface area contributed by atoms with Gasteiger partial charge in [0.15, 0.2) is 11.5 Å². The Kier molecular flexibility index (Phi) is 16.2. The van der Waals surface area contributed by atoms with Gasteiger partial charge in [-0.25, -0.2) is 14.2 Å². The number of phosphoric ester groups is 1. The molecule has 61 heavy (non-hydrogen) atoms. The Hall–Kier alpha value is -6.72. The molecule has 6 aromatic carbocycles. The smallest absolute Gasteiger partial charge is 0.485 e. The molecule has 0 aromatic heterocycles. The average Bonchev–Trinajstić information content (AvgIpc) is 3.30. The van der Waals surface area contributed by atoms with Crippen molar-refractivity contribution >= 4 is 25.8 Å². The quantitative estimate of drug-likeness (QED) is 0.0551. The lowest BCUT2D eigenvalue weighted by molar-refractivity contribution is -0.149. The number of carbonyl (C=O) groups is 3. The molecule has 1 N–H and O–H groups in total. The van der Waals surface area contributed by atoms with E-state index in [1.54, 1.807) is 18.2 Å². The van der Waals surface area contributed by atoms with Crippen LogP contribution in [0, 0.1) is 0 Å². The van der Waals surface area contributed by atoms with Crippen molar-refractivity contribution in [3.63, 3.8) is 0 Å². The highest BCUT2D eigenvalue weighted by Crippen LogP contribution is 2.53. The van der Waals surface area contributed by atoms with E-state index in [-0.39, 0.29) is 51.0 Å². The molecule has 314 valence electrons. The maximum absolute atomic E-state index is 14.4. The van der Waals surface area contributed by atoms with Crippen molar-refractivity contribution in [1.82, 2.24) is 10.2 Å².